The van der Waals surface area contributed by atoms with E-state index < -0.39 is 17.5 Å². The fraction of sp³-hybridized carbons (Fsp3) is 0.0556. The van der Waals surface area contributed by atoms with Crippen LogP contribution in [0, 0.1) is 11.6 Å². The first-order valence-electron chi connectivity index (χ1n) is 7.15. The maximum atomic E-state index is 13.5. The van der Waals surface area contributed by atoms with Crippen LogP contribution in [0.3, 0.4) is 0 Å². The lowest BCUT2D eigenvalue weighted by molar-refractivity contribution is 0.0992. The Balaban J connectivity index is 1.63. The summed E-state index contributed by atoms with van der Waals surface area (Å²) in [6.45, 7) is 0.155. The molecule has 0 atom stereocenters. The SMILES string of the molecule is O=C(Nc1ccc(F)cc1F)c1ccc(COc2ccccc2)o1. The number of hydrogen-bond acceptors (Lipinski definition) is 3. The van der Waals surface area contributed by atoms with Crippen molar-refractivity contribution in [3.8, 4) is 5.75 Å². The molecule has 3 rings (SSSR count). The third-order valence-corrected chi connectivity index (χ3v) is 3.19. The molecule has 2 aromatic carbocycles. The van der Waals surface area contributed by atoms with Crippen molar-refractivity contribution in [1.82, 2.24) is 0 Å². The van der Waals surface area contributed by atoms with Crippen molar-refractivity contribution in [3.63, 3.8) is 0 Å². The van der Waals surface area contributed by atoms with E-state index in [4.69, 9.17) is 9.15 Å². The van der Waals surface area contributed by atoms with E-state index >= 15 is 0 Å². The minimum atomic E-state index is -0.859. The predicted octanol–water partition coefficient (Wildman–Crippen LogP) is 4.39. The van der Waals surface area contributed by atoms with Gasteiger partial charge in [0.15, 0.2) is 5.76 Å². The second kappa shape index (κ2) is 6.95. The molecule has 0 spiro atoms. The summed E-state index contributed by atoms with van der Waals surface area (Å²) in [6.07, 6.45) is 0. The Bertz CT molecular complexity index is 846. The Morgan fingerprint density at radius 1 is 1.04 bits per heavy atom. The monoisotopic (exact) mass is 329 g/mol. The number of para-hydroxylation sites is 1. The van der Waals surface area contributed by atoms with Gasteiger partial charge < -0.3 is 14.5 Å². The smallest absolute Gasteiger partial charge is 0.291 e. The van der Waals surface area contributed by atoms with Crippen LogP contribution in [-0.2, 0) is 6.61 Å². The maximum absolute atomic E-state index is 13.5. The normalized spacial score (nSPS) is 10.4. The van der Waals surface area contributed by atoms with Crippen molar-refractivity contribution < 1.29 is 22.7 Å². The second-order valence-corrected chi connectivity index (χ2v) is 4.95. The number of furan rings is 1. The zero-order valence-corrected chi connectivity index (χ0v) is 12.5. The lowest BCUT2D eigenvalue weighted by atomic mass is 10.3. The first-order chi connectivity index (χ1) is 11.6. The second-order valence-electron chi connectivity index (χ2n) is 4.95. The maximum Gasteiger partial charge on any atom is 0.291 e. The summed E-state index contributed by atoms with van der Waals surface area (Å²) < 4.78 is 37.3. The number of halogens is 2. The van der Waals surface area contributed by atoms with Crippen LogP contribution < -0.4 is 10.1 Å². The Hall–Kier alpha value is -3.15. The number of rotatable bonds is 5. The molecule has 0 unspecified atom stereocenters. The number of nitrogens with one attached hydrogen (secondary N) is 1. The lowest BCUT2D eigenvalue weighted by Gasteiger charge is -2.05. The molecule has 0 saturated heterocycles. The van der Waals surface area contributed by atoms with E-state index in [-0.39, 0.29) is 18.1 Å². The van der Waals surface area contributed by atoms with Gasteiger partial charge in [0, 0.05) is 6.07 Å². The molecule has 0 aliphatic carbocycles. The van der Waals surface area contributed by atoms with Crippen LogP contribution in [-0.4, -0.2) is 5.91 Å². The van der Waals surface area contributed by atoms with Crippen LogP contribution in [0.1, 0.15) is 16.3 Å². The summed E-state index contributed by atoms with van der Waals surface area (Å²) in [4.78, 5) is 12.0. The first-order valence-corrected chi connectivity index (χ1v) is 7.15. The predicted molar refractivity (Wildman–Crippen MR) is 83.8 cm³/mol. The van der Waals surface area contributed by atoms with Crippen LogP contribution in [0.25, 0.3) is 0 Å². The molecule has 1 heterocycles. The van der Waals surface area contributed by atoms with E-state index in [2.05, 4.69) is 5.32 Å². The molecule has 3 aromatic rings. The van der Waals surface area contributed by atoms with Crippen molar-refractivity contribution in [3.05, 3.63) is 83.8 Å². The molecule has 24 heavy (non-hydrogen) atoms. The van der Waals surface area contributed by atoms with E-state index in [1.54, 1.807) is 18.2 Å². The van der Waals surface area contributed by atoms with Gasteiger partial charge in [0.2, 0.25) is 0 Å². The molecule has 122 valence electrons. The fourth-order valence-corrected chi connectivity index (χ4v) is 2.02. The molecule has 0 bridgehead atoms. The summed E-state index contributed by atoms with van der Waals surface area (Å²) >= 11 is 0. The van der Waals surface area contributed by atoms with Gasteiger partial charge in [0.05, 0.1) is 5.69 Å². The zero-order valence-electron chi connectivity index (χ0n) is 12.5. The van der Waals surface area contributed by atoms with Gasteiger partial charge in [-0.15, -0.1) is 0 Å². The molecule has 0 aliphatic rings. The van der Waals surface area contributed by atoms with Crippen molar-refractivity contribution >= 4 is 11.6 Å². The Kier molecular flexibility index (Phi) is 4.56. The van der Waals surface area contributed by atoms with Crippen LogP contribution in [0.5, 0.6) is 5.75 Å². The molecular weight excluding hydrogens is 316 g/mol. The molecule has 4 nitrogen and oxygen atoms in total. The van der Waals surface area contributed by atoms with Gasteiger partial charge in [-0.1, -0.05) is 18.2 Å². The number of ether oxygens (including phenoxy) is 1. The Morgan fingerprint density at radius 3 is 2.58 bits per heavy atom. The molecular formula is C18H13F2NO3. The van der Waals surface area contributed by atoms with Crippen LogP contribution in [0.4, 0.5) is 14.5 Å². The summed E-state index contributed by atoms with van der Waals surface area (Å²) in [7, 11) is 0. The highest BCUT2D eigenvalue weighted by Gasteiger charge is 2.14. The highest BCUT2D eigenvalue weighted by molar-refractivity contribution is 6.02. The average molecular weight is 329 g/mol. The Labute approximate surface area is 136 Å². The minimum absolute atomic E-state index is 0.00499. The topological polar surface area (TPSA) is 51.5 Å². The van der Waals surface area contributed by atoms with Gasteiger partial charge in [0.25, 0.3) is 5.91 Å². The van der Waals surface area contributed by atoms with Gasteiger partial charge in [-0.2, -0.15) is 0 Å². The van der Waals surface area contributed by atoms with E-state index in [0.29, 0.717) is 17.6 Å². The number of anilines is 1. The third kappa shape index (κ3) is 3.78. The zero-order chi connectivity index (χ0) is 16.9. The number of carbonyl (C=O) groups excluding carboxylic acids is 1. The summed E-state index contributed by atoms with van der Waals surface area (Å²) in [5, 5.41) is 2.33. The van der Waals surface area contributed by atoms with E-state index in [0.717, 1.165) is 12.1 Å². The van der Waals surface area contributed by atoms with Crippen molar-refractivity contribution in [1.29, 1.82) is 0 Å². The van der Waals surface area contributed by atoms with Gasteiger partial charge in [-0.3, -0.25) is 4.79 Å². The number of hydrogen-bond donors (Lipinski definition) is 1. The quantitative estimate of drug-likeness (QED) is 0.755. The first kappa shape index (κ1) is 15.7. The highest BCUT2D eigenvalue weighted by atomic mass is 19.1. The van der Waals surface area contributed by atoms with E-state index in [9.17, 15) is 13.6 Å². The lowest BCUT2D eigenvalue weighted by Crippen LogP contribution is -2.12. The number of amides is 1. The standard InChI is InChI=1S/C18H13F2NO3/c19-12-6-8-16(15(20)10-12)21-18(22)17-9-7-14(24-17)11-23-13-4-2-1-3-5-13/h1-10H,11H2,(H,21,22). The molecule has 1 aromatic heterocycles. The average Bonchev–Trinajstić information content (AvgIpc) is 3.05. The van der Waals surface area contributed by atoms with Crippen LogP contribution in [0.2, 0.25) is 0 Å². The number of benzene rings is 2. The van der Waals surface area contributed by atoms with Gasteiger partial charge in [-0.05, 0) is 36.4 Å². The summed E-state index contributed by atoms with van der Waals surface area (Å²) in [5.74, 6) is -1.08. The molecule has 0 saturated carbocycles. The Morgan fingerprint density at radius 2 is 1.83 bits per heavy atom. The van der Waals surface area contributed by atoms with Gasteiger partial charge in [0.1, 0.15) is 29.8 Å². The van der Waals surface area contributed by atoms with E-state index in [1.807, 2.05) is 18.2 Å². The summed E-state index contributed by atoms with van der Waals surface area (Å²) in [5.41, 5.74) is -0.125. The third-order valence-electron chi connectivity index (χ3n) is 3.19. The van der Waals surface area contributed by atoms with Crippen molar-refractivity contribution in [2.45, 2.75) is 6.61 Å². The van der Waals surface area contributed by atoms with E-state index in [1.165, 1.54) is 6.07 Å². The van der Waals surface area contributed by atoms with Gasteiger partial charge in [-0.25, -0.2) is 8.78 Å². The molecule has 1 amide bonds. The molecule has 0 radical (unpaired) electrons. The molecule has 6 heteroatoms. The largest absolute Gasteiger partial charge is 0.486 e. The highest BCUT2D eigenvalue weighted by Crippen LogP contribution is 2.18. The van der Waals surface area contributed by atoms with Crippen LogP contribution in [0.15, 0.2) is 65.1 Å². The molecule has 0 fully saturated rings. The molecule has 1 N–H and O–H groups in total. The fourth-order valence-electron chi connectivity index (χ4n) is 2.02. The van der Waals surface area contributed by atoms with Crippen molar-refractivity contribution in [2.75, 3.05) is 5.32 Å². The number of carbonyl (C=O) groups is 1. The van der Waals surface area contributed by atoms with Crippen molar-refractivity contribution in [2.24, 2.45) is 0 Å². The minimum Gasteiger partial charge on any atom is -0.486 e. The van der Waals surface area contributed by atoms with Crippen LogP contribution >= 0.6 is 0 Å². The summed E-state index contributed by atoms with van der Waals surface area (Å²) in [6, 6.07) is 15.1. The van der Waals surface area contributed by atoms with Gasteiger partial charge >= 0.3 is 0 Å². The molecule has 0 aliphatic heterocycles.